The van der Waals surface area contributed by atoms with Crippen molar-refractivity contribution < 1.29 is 14.3 Å². The molecule has 4 aromatic rings. The maximum atomic E-state index is 12.7. The third-order valence-electron chi connectivity index (χ3n) is 6.22. The van der Waals surface area contributed by atoms with E-state index in [-0.39, 0.29) is 18.6 Å². The summed E-state index contributed by atoms with van der Waals surface area (Å²) in [6.45, 7) is 9.44. The Morgan fingerprint density at radius 2 is 1.69 bits per heavy atom. The maximum Gasteiger partial charge on any atom is 0.258 e. The molecule has 0 fully saturated rings. The minimum atomic E-state index is -0.254. The summed E-state index contributed by atoms with van der Waals surface area (Å²) in [6.07, 6.45) is 1.86. The van der Waals surface area contributed by atoms with Gasteiger partial charge in [-0.3, -0.25) is 4.79 Å². The summed E-state index contributed by atoms with van der Waals surface area (Å²) in [6, 6.07) is 21.9. The fourth-order valence-corrected chi connectivity index (χ4v) is 4.21. The van der Waals surface area contributed by atoms with E-state index >= 15 is 0 Å². The SMILES string of the molecule is Cc1ccc(OCCCCn2c(C(C)NC(=O)COc3cc(C)ccc3C)nc3ccccc32)cc1. The van der Waals surface area contributed by atoms with E-state index in [2.05, 4.69) is 35.0 Å². The maximum absolute atomic E-state index is 12.7. The van der Waals surface area contributed by atoms with Crippen molar-refractivity contribution in [1.29, 1.82) is 0 Å². The van der Waals surface area contributed by atoms with Gasteiger partial charge in [0.2, 0.25) is 0 Å². The molecular weight excluding hydrogens is 450 g/mol. The van der Waals surface area contributed by atoms with Gasteiger partial charge in [0.25, 0.3) is 5.91 Å². The summed E-state index contributed by atoms with van der Waals surface area (Å²) in [5.74, 6) is 2.30. The average Bonchev–Trinajstić information content (AvgIpc) is 3.24. The van der Waals surface area contributed by atoms with Crippen LogP contribution in [-0.4, -0.2) is 28.7 Å². The molecule has 1 unspecified atom stereocenters. The summed E-state index contributed by atoms with van der Waals surface area (Å²) in [5, 5.41) is 3.06. The van der Waals surface area contributed by atoms with Gasteiger partial charge >= 0.3 is 0 Å². The number of hydrogen-bond acceptors (Lipinski definition) is 4. The minimum Gasteiger partial charge on any atom is -0.494 e. The Hall–Kier alpha value is -3.80. The first kappa shape index (κ1) is 25.3. The predicted molar refractivity (Wildman–Crippen MR) is 144 cm³/mol. The molecule has 6 nitrogen and oxygen atoms in total. The molecule has 0 saturated heterocycles. The number of rotatable bonds is 11. The number of aryl methyl sites for hydroxylation is 4. The van der Waals surface area contributed by atoms with Crippen molar-refractivity contribution >= 4 is 16.9 Å². The highest BCUT2D eigenvalue weighted by Crippen LogP contribution is 2.22. The molecule has 1 atom stereocenters. The van der Waals surface area contributed by atoms with Crippen molar-refractivity contribution in [2.24, 2.45) is 0 Å². The van der Waals surface area contributed by atoms with Crippen LogP contribution in [0.25, 0.3) is 11.0 Å². The zero-order chi connectivity index (χ0) is 25.5. The van der Waals surface area contributed by atoms with Crippen molar-refractivity contribution in [3.63, 3.8) is 0 Å². The van der Waals surface area contributed by atoms with Crippen LogP contribution >= 0.6 is 0 Å². The number of nitrogens with zero attached hydrogens (tertiary/aromatic N) is 2. The van der Waals surface area contributed by atoms with Gasteiger partial charge in [0.1, 0.15) is 17.3 Å². The number of para-hydroxylation sites is 2. The van der Waals surface area contributed by atoms with Gasteiger partial charge in [-0.1, -0.05) is 42.0 Å². The summed E-state index contributed by atoms with van der Waals surface area (Å²) >= 11 is 0. The normalized spacial score (nSPS) is 11.9. The van der Waals surface area contributed by atoms with Crippen molar-refractivity contribution in [2.75, 3.05) is 13.2 Å². The predicted octanol–water partition coefficient (Wildman–Crippen LogP) is 6.08. The third-order valence-corrected chi connectivity index (χ3v) is 6.22. The van der Waals surface area contributed by atoms with Crippen molar-refractivity contribution in [3.8, 4) is 11.5 Å². The first-order valence-electron chi connectivity index (χ1n) is 12.5. The highest BCUT2D eigenvalue weighted by Gasteiger charge is 2.18. The number of aromatic nitrogens is 2. The molecule has 0 saturated carbocycles. The van der Waals surface area contributed by atoms with Crippen molar-refractivity contribution in [3.05, 3.63) is 89.2 Å². The van der Waals surface area contributed by atoms with Crippen LogP contribution in [0.5, 0.6) is 11.5 Å². The molecule has 3 aromatic carbocycles. The molecule has 188 valence electrons. The van der Waals surface area contributed by atoms with Gasteiger partial charge < -0.3 is 19.4 Å². The molecule has 6 heteroatoms. The molecule has 0 aliphatic heterocycles. The van der Waals surface area contributed by atoms with Gasteiger partial charge in [-0.2, -0.15) is 0 Å². The van der Waals surface area contributed by atoms with Crippen LogP contribution in [-0.2, 0) is 11.3 Å². The number of carbonyl (C=O) groups excluding carboxylic acids is 1. The van der Waals surface area contributed by atoms with E-state index in [1.54, 1.807) is 0 Å². The lowest BCUT2D eigenvalue weighted by Gasteiger charge is -2.17. The second-order valence-electron chi connectivity index (χ2n) is 9.33. The molecular formula is C30H35N3O3. The Morgan fingerprint density at radius 3 is 2.50 bits per heavy atom. The highest BCUT2D eigenvalue weighted by atomic mass is 16.5. The molecule has 0 aliphatic carbocycles. The highest BCUT2D eigenvalue weighted by molar-refractivity contribution is 5.79. The standard InChI is InChI=1S/C30H35N3O3/c1-21-12-15-25(16-13-21)35-18-8-7-17-33-27-10-6-5-9-26(27)32-30(33)24(4)31-29(34)20-36-28-19-22(2)11-14-23(28)3/h5-6,9-16,19,24H,7-8,17-18,20H2,1-4H3,(H,31,34). The third kappa shape index (κ3) is 6.45. The molecule has 1 N–H and O–H groups in total. The number of fused-ring (bicyclic) bond motifs is 1. The molecule has 0 aliphatic rings. The van der Waals surface area contributed by atoms with Crippen LogP contribution < -0.4 is 14.8 Å². The Bertz CT molecular complexity index is 1310. The lowest BCUT2D eigenvalue weighted by Crippen LogP contribution is -2.32. The molecule has 1 heterocycles. The fraction of sp³-hybridized carbons (Fsp3) is 0.333. The topological polar surface area (TPSA) is 65.4 Å². The molecule has 0 spiro atoms. The summed E-state index contributed by atoms with van der Waals surface area (Å²) in [7, 11) is 0. The minimum absolute atomic E-state index is 0.0365. The van der Waals surface area contributed by atoms with Crippen molar-refractivity contribution in [2.45, 2.75) is 53.1 Å². The fourth-order valence-electron chi connectivity index (χ4n) is 4.21. The first-order valence-corrected chi connectivity index (χ1v) is 12.5. The van der Waals surface area contributed by atoms with Gasteiger partial charge in [0.15, 0.2) is 6.61 Å². The molecule has 0 bridgehead atoms. The Kier molecular flexibility index (Phi) is 8.26. The molecule has 1 aromatic heterocycles. The zero-order valence-corrected chi connectivity index (χ0v) is 21.6. The molecule has 36 heavy (non-hydrogen) atoms. The summed E-state index contributed by atoms with van der Waals surface area (Å²) in [4.78, 5) is 17.5. The van der Waals surface area contributed by atoms with Gasteiger partial charge in [0.05, 0.1) is 23.7 Å². The van der Waals surface area contributed by atoms with E-state index in [4.69, 9.17) is 14.5 Å². The van der Waals surface area contributed by atoms with Crippen LogP contribution in [0.4, 0.5) is 0 Å². The lowest BCUT2D eigenvalue weighted by atomic mass is 10.1. The first-order chi connectivity index (χ1) is 17.4. The molecule has 0 radical (unpaired) electrons. The van der Waals surface area contributed by atoms with Gasteiger partial charge in [-0.15, -0.1) is 0 Å². The van der Waals surface area contributed by atoms with Crippen LogP contribution in [0.1, 0.15) is 48.3 Å². The number of unbranched alkanes of at least 4 members (excludes halogenated alkanes) is 1. The summed E-state index contributed by atoms with van der Waals surface area (Å²) < 4.78 is 13.9. The van der Waals surface area contributed by atoms with E-state index < -0.39 is 0 Å². The lowest BCUT2D eigenvalue weighted by molar-refractivity contribution is -0.123. The Morgan fingerprint density at radius 1 is 0.944 bits per heavy atom. The number of imidazole rings is 1. The van der Waals surface area contributed by atoms with E-state index in [0.29, 0.717) is 6.61 Å². The number of hydrogen-bond donors (Lipinski definition) is 1. The summed E-state index contributed by atoms with van der Waals surface area (Å²) in [5.41, 5.74) is 5.33. The Labute approximate surface area is 213 Å². The van der Waals surface area contributed by atoms with Gasteiger partial charge in [0, 0.05) is 6.54 Å². The van der Waals surface area contributed by atoms with Gasteiger partial charge in [-0.25, -0.2) is 4.98 Å². The van der Waals surface area contributed by atoms with Gasteiger partial charge in [-0.05, 0) is 82.0 Å². The quantitative estimate of drug-likeness (QED) is 0.262. The number of amides is 1. The van der Waals surface area contributed by atoms with E-state index in [0.717, 1.165) is 58.9 Å². The number of ether oxygens (including phenoxy) is 2. The molecule has 4 rings (SSSR count). The monoisotopic (exact) mass is 485 g/mol. The smallest absolute Gasteiger partial charge is 0.258 e. The number of benzene rings is 3. The van der Waals surface area contributed by atoms with Crippen LogP contribution in [0.2, 0.25) is 0 Å². The second-order valence-corrected chi connectivity index (χ2v) is 9.33. The van der Waals surface area contributed by atoms with Crippen LogP contribution in [0.3, 0.4) is 0 Å². The largest absolute Gasteiger partial charge is 0.494 e. The number of carbonyl (C=O) groups is 1. The average molecular weight is 486 g/mol. The molecule has 1 amide bonds. The van der Waals surface area contributed by atoms with E-state index in [1.165, 1.54) is 5.56 Å². The van der Waals surface area contributed by atoms with E-state index in [1.807, 2.05) is 69.3 Å². The second kappa shape index (κ2) is 11.8. The van der Waals surface area contributed by atoms with Crippen LogP contribution in [0.15, 0.2) is 66.7 Å². The Balaban J connectivity index is 1.36. The zero-order valence-electron chi connectivity index (χ0n) is 21.6. The van der Waals surface area contributed by atoms with E-state index in [9.17, 15) is 4.79 Å². The number of nitrogens with one attached hydrogen (secondary N) is 1. The van der Waals surface area contributed by atoms with Crippen molar-refractivity contribution in [1.82, 2.24) is 14.9 Å². The van der Waals surface area contributed by atoms with Crippen LogP contribution in [0, 0.1) is 20.8 Å².